The molecule has 414 valence electrons. The normalized spacial score (nSPS) is 13.4. The number of fused-ring (bicyclic) bond motifs is 2. The highest BCUT2D eigenvalue weighted by molar-refractivity contribution is 9.10. The van der Waals surface area contributed by atoms with Gasteiger partial charge in [-0.3, -0.25) is 24.1 Å². The molecule has 1 atom stereocenters. The Balaban J connectivity index is 0.000000180. The minimum absolute atomic E-state index is 0.0824. The fraction of sp³-hybridized carbons (Fsp3) is 0.170. The van der Waals surface area contributed by atoms with Crippen molar-refractivity contribution in [1.29, 1.82) is 0 Å². The van der Waals surface area contributed by atoms with Crippen LogP contribution in [0.5, 0.6) is 11.5 Å². The second-order valence-electron chi connectivity index (χ2n) is 17.8. The Bertz CT molecular complexity index is 3970. The molecule has 7 N–H and O–H groups in total. The van der Waals surface area contributed by atoms with Crippen LogP contribution in [0.3, 0.4) is 0 Å². The lowest BCUT2D eigenvalue weighted by molar-refractivity contribution is -0.0371. The number of carbonyl (C=O) groups excluding carboxylic acids is 2. The number of aromatic hydroxyl groups is 2. The van der Waals surface area contributed by atoms with E-state index in [1.54, 1.807) is 67.7 Å². The maximum absolute atomic E-state index is 15.4. The van der Waals surface area contributed by atoms with Crippen LogP contribution < -0.4 is 14.9 Å². The number of nitrogens with one attached hydrogen (secondary N) is 3. The number of anilines is 2. The first-order valence-corrected chi connectivity index (χ1v) is 28.3. The van der Waals surface area contributed by atoms with E-state index in [-0.39, 0.29) is 46.1 Å². The largest absolute Gasteiger partial charge is 0.508 e. The van der Waals surface area contributed by atoms with Gasteiger partial charge < -0.3 is 25.0 Å². The van der Waals surface area contributed by atoms with Crippen molar-refractivity contribution >= 4 is 93.6 Å². The molecule has 27 heteroatoms. The van der Waals surface area contributed by atoms with Gasteiger partial charge in [0.15, 0.2) is 29.2 Å². The van der Waals surface area contributed by atoms with E-state index in [0.717, 1.165) is 37.1 Å². The minimum Gasteiger partial charge on any atom is -0.508 e. The number of hydrogen-bond donors (Lipinski definition) is 7. The van der Waals surface area contributed by atoms with Gasteiger partial charge in [-0.05, 0) is 119 Å². The molecule has 1 fully saturated rings. The molecule has 5 heterocycles. The average molecular weight is 1200 g/mol. The number of ether oxygens (including phenoxy) is 1. The lowest BCUT2D eigenvalue weighted by Crippen LogP contribution is -2.29. The molecule has 19 nitrogen and oxygen atoms in total. The summed E-state index contributed by atoms with van der Waals surface area (Å²) < 4.78 is 120. The summed E-state index contributed by atoms with van der Waals surface area (Å²) in [5, 5.41) is 47.0. The zero-order chi connectivity index (χ0) is 57.5. The van der Waals surface area contributed by atoms with Crippen molar-refractivity contribution in [2.45, 2.75) is 44.6 Å². The third kappa shape index (κ3) is 13.7. The standard InChI is InChI=1S/C26H18F2N4O4S.C21H21BrF2N4O4S.C6H7BO3/c27-21-11-10-19(22(28)24(21)32-37(35,36)14-15-4-2-1-3-5-15)25(34)23-20-12-17(13-29-26(20)31-30-23)16-6-8-18(33)9-7-16;1-2-9-33(30,31)27-19-15(23)7-6-13(17(19)24)20(29)18-14-10-12(22)11-25-21(14)28(26-18)16-5-3-4-8-32-16;8-6-3-1-5(2-4-6)7(9)10/h1-13,32-33H,14H2,(H,29,30,31);6-7,10-11,16,27H,2-5,8-9H2,1H3;1-4,8-10H. The summed E-state index contributed by atoms with van der Waals surface area (Å²) in [6.45, 7) is 2.16. The molecule has 4 aromatic heterocycles. The van der Waals surface area contributed by atoms with Gasteiger partial charge in [-0.1, -0.05) is 61.5 Å². The van der Waals surface area contributed by atoms with Crippen LogP contribution in [-0.2, 0) is 30.5 Å². The molecule has 80 heavy (non-hydrogen) atoms. The highest BCUT2D eigenvalue weighted by atomic mass is 79.9. The number of nitrogens with zero attached hydrogens (tertiary/aromatic N) is 5. The molecule has 0 bridgehead atoms. The quantitative estimate of drug-likeness (QED) is 0.0288. The number of ketones is 2. The zero-order valence-corrected chi connectivity index (χ0v) is 45.0. The number of phenols is 2. The predicted molar refractivity (Wildman–Crippen MR) is 293 cm³/mol. The van der Waals surface area contributed by atoms with Gasteiger partial charge in [0.2, 0.25) is 31.6 Å². The first-order chi connectivity index (χ1) is 38.1. The number of phenolic OH excluding ortho intramolecular Hbond substituents is 2. The van der Waals surface area contributed by atoms with E-state index in [0.29, 0.717) is 50.7 Å². The van der Waals surface area contributed by atoms with Crippen LogP contribution in [0.4, 0.5) is 28.9 Å². The fourth-order valence-electron chi connectivity index (χ4n) is 8.18. The summed E-state index contributed by atoms with van der Waals surface area (Å²) in [6, 6.07) is 26.9. The minimum atomic E-state index is -4.19. The van der Waals surface area contributed by atoms with E-state index in [2.05, 4.69) is 41.2 Å². The molecular formula is C53H46BBrF4N8O11S2. The monoisotopic (exact) mass is 1200 g/mol. The number of halogens is 5. The fourth-order valence-corrected chi connectivity index (χ4v) is 10.9. The molecule has 0 aliphatic carbocycles. The Labute approximate surface area is 462 Å². The van der Waals surface area contributed by atoms with Gasteiger partial charge in [0, 0.05) is 29.0 Å². The summed E-state index contributed by atoms with van der Waals surface area (Å²) in [4.78, 5) is 35.2. The number of pyridine rings is 2. The van der Waals surface area contributed by atoms with E-state index in [9.17, 15) is 40.3 Å². The molecule has 0 amide bonds. The lowest BCUT2D eigenvalue weighted by Gasteiger charge is -2.22. The van der Waals surface area contributed by atoms with Crippen LogP contribution in [0.2, 0.25) is 0 Å². The van der Waals surface area contributed by atoms with Crippen molar-refractivity contribution in [2.24, 2.45) is 0 Å². The first-order valence-electron chi connectivity index (χ1n) is 24.2. The molecule has 1 unspecified atom stereocenters. The van der Waals surface area contributed by atoms with Crippen molar-refractivity contribution in [1.82, 2.24) is 29.9 Å². The van der Waals surface area contributed by atoms with Gasteiger partial charge in [-0.15, -0.1) is 0 Å². The number of benzene rings is 5. The highest BCUT2D eigenvalue weighted by Crippen LogP contribution is 2.33. The second kappa shape index (κ2) is 24.9. The van der Waals surface area contributed by atoms with Crippen LogP contribution in [0.1, 0.15) is 76.5 Å². The van der Waals surface area contributed by atoms with Crippen molar-refractivity contribution < 1.29 is 69.0 Å². The van der Waals surface area contributed by atoms with Gasteiger partial charge in [-0.2, -0.15) is 10.2 Å². The van der Waals surface area contributed by atoms with Crippen LogP contribution >= 0.6 is 15.9 Å². The average Bonchev–Trinajstić information content (AvgIpc) is 4.10. The Hall–Kier alpha value is -8.08. The molecule has 5 aromatic carbocycles. The number of hydrogen-bond acceptors (Lipinski definition) is 15. The Morgan fingerprint density at radius 3 is 1.96 bits per heavy atom. The maximum atomic E-state index is 15.4. The molecule has 1 aliphatic heterocycles. The van der Waals surface area contributed by atoms with Crippen molar-refractivity contribution in [2.75, 3.05) is 21.8 Å². The van der Waals surface area contributed by atoms with Crippen LogP contribution in [0, 0.1) is 23.3 Å². The summed E-state index contributed by atoms with van der Waals surface area (Å²) in [5.41, 5.74) is -0.430. The van der Waals surface area contributed by atoms with Crippen molar-refractivity contribution in [3.63, 3.8) is 0 Å². The summed E-state index contributed by atoms with van der Waals surface area (Å²) in [6.07, 6.45) is 5.42. The maximum Gasteiger partial charge on any atom is 0.488 e. The second-order valence-corrected chi connectivity index (χ2v) is 22.3. The lowest BCUT2D eigenvalue weighted by atomic mass is 9.80. The molecule has 1 aliphatic rings. The number of sulfonamides is 2. The van der Waals surface area contributed by atoms with Gasteiger partial charge in [0.25, 0.3) is 0 Å². The Morgan fingerprint density at radius 2 is 1.36 bits per heavy atom. The first kappa shape index (κ1) is 58.1. The smallest absolute Gasteiger partial charge is 0.488 e. The molecule has 9 aromatic rings. The van der Waals surface area contributed by atoms with Gasteiger partial charge in [0.05, 0.1) is 33.4 Å². The number of rotatable bonds is 15. The number of carbonyl (C=O) groups is 2. The summed E-state index contributed by atoms with van der Waals surface area (Å²) in [7, 11) is -9.63. The third-order valence-corrected chi connectivity index (χ3v) is 15.2. The van der Waals surface area contributed by atoms with E-state index in [1.807, 2.05) is 9.44 Å². The highest BCUT2D eigenvalue weighted by Gasteiger charge is 2.30. The van der Waals surface area contributed by atoms with E-state index in [4.69, 9.17) is 19.9 Å². The Kier molecular flexibility index (Phi) is 18.1. The van der Waals surface area contributed by atoms with Crippen LogP contribution in [-0.4, -0.2) is 98.1 Å². The molecule has 0 spiro atoms. The zero-order valence-electron chi connectivity index (χ0n) is 41.8. The number of aromatic amines is 1. The molecule has 0 radical (unpaired) electrons. The SMILES string of the molecule is CCCS(=O)(=O)Nc1c(F)ccc(C(=O)c2nn(C3CCCCO3)c3ncc(Br)cc23)c1F.O=C(c1ccc(F)c(NS(=O)(=O)Cc2ccccc2)c1F)c1[nH]nc2ncc(-c3ccc(O)cc3)cc12.OB(O)c1ccc(O)cc1. The molecule has 10 rings (SSSR count). The van der Waals surface area contributed by atoms with Crippen LogP contribution in [0.15, 0.2) is 132 Å². The van der Waals surface area contributed by atoms with Gasteiger partial charge in [0.1, 0.15) is 45.9 Å². The predicted octanol–water partition coefficient (Wildman–Crippen LogP) is 8.41. The van der Waals surface area contributed by atoms with Crippen molar-refractivity contribution in [3.05, 3.63) is 183 Å². The Morgan fingerprint density at radius 1 is 0.750 bits per heavy atom. The summed E-state index contributed by atoms with van der Waals surface area (Å²) in [5.74, 6) is -7.29. The van der Waals surface area contributed by atoms with E-state index < -0.39 is 96.5 Å². The van der Waals surface area contributed by atoms with E-state index >= 15 is 8.78 Å². The van der Waals surface area contributed by atoms with Crippen molar-refractivity contribution in [3.8, 4) is 22.6 Å². The molecule has 0 saturated carbocycles. The third-order valence-electron chi connectivity index (χ3n) is 12.0. The number of aromatic nitrogens is 6. The van der Waals surface area contributed by atoms with Gasteiger partial charge >= 0.3 is 7.12 Å². The van der Waals surface area contributed by atoms with E-state index in [1.165, 1.54) is 47.3 Å². The van der Waals surface area contributed by atoms with Crippen LogP contribution in [0.25, 0.3) is 33.2 Å². The molecular weight excluding hydrogens is 1160 g/mol. The summed E-state index contributed by atoms with van der Waals surface area (Å²) >= 11 is 3.32. The molecule has 1 saturated heterocycles. The van der Waals surface area contributed by atoms with Gasteiger partial charge in [-0.25, -0.2) is 49.0 Å². The topological polar surface area (TPSA) is 289 Å². The number of H-pyrrole nitrogens is 1.